The second-order valence-electron chi connectivity index (χ2n) is 5.84. The van der Waals surface area contributed by atoms with Crippen LogP contribution in [0.25, 0.3) is 0 Å². The number of rotatable bonds is 4. The van der Waals surface area contributed by atoms with Crippen molar-refractivity contribution < 1.29 is 0 Å². The maximum absolute atomic E-state index is 6.27. The molecule has 2 aromatic rings. The van der Waals surface area contributed by atoms with Crippen LogP contribution in [-0.4, -0.2) is 13.6 Å². The van der Waals surface area contributed by atoms with E-state index in [-0.39, 0.29) is 0 Å². The summed E-state index contributed by atoms with van der Waals surface area (Å²) in [6.07, 6.45) is 4.60. The van der Waals surface area contributed by atoms with Crippen molar-refractivity contribution in [2.75, 3.05) is 13.6 Å². The van der Waals surface area contributed by atoms with Crippen LogP contribution in [0.3, 0.4) is 0 Å². The van der Waals surface area contributed by atoms with Crippen molar-refractivity contribution in [3.63, 3.8) is 0 Å². The van der Waals surface area contributed by atoms with E-state index in [1.165, 1.54) is 35.1 Å². The van der Waals surface area contributed by atoms with Gasteiger partial charge in [0, 0.05) is 10.9 Å². The molecule has 1 aliphatic rings. The fourth-order valence-electron chi connectivity index (χ4n) is 3.45. The van der Waals surface area contributed by atoms with Crippen molar-refractivity contribution in [3.05, 3.63) is 69.7 Å². The quantitative estimate of drug-likeness (QED) is 0.816. The van der Waals surface area contributed by atoms with Gasteiger partial charge in [0.05, 0.1) is 0 Å². The van der Waals surface area contributed by atoms with Gasteiger partial charge in [0.1, 0.15) is 0 Å². The molecule has 0 fully saturated rings. The molecule has 0 spiro atoms. The summed E-state index contributed by atoms with van der Waals surface area (Å²) in [6.45, 7) is 1.06. The van der Waals surface area contributed by atoms with Gasteiger partial charge in [-0.1, -0.05) is 41.9 Å². The van der Waals surface area contributed by atoms with Gasteiger partial charge in [0.25, 0.3) is 0 Å². The van der Waals surface area contributed by atoms with Gasteiger partial charge < -0.3 is 5.32 Å². The molecule has 110 valence electrons. The molecule has 1 N–H and O–H groups in total. The number of hydrogen-bond acceptors (Lipinski definition) is 1. The van der Waals surface area contributed by atoms with E-state index in [1.807, 2.05) is 13.1 Å². The van der Waals surface area contributed by atoms with Crippen molar-refractivity contribution in [1.29, 1.82) is 0 Å². The van der Waals surface area contributed by atoms with Crippen LogP contribution in [0.4, 0.5) is 0 Å². The van der Waals surface area contributed by atoms with Crippen molar-refractivity contribution in [2.24, 2.45) is 0 Å². The number of halogens is 1. The zero-order valence-electron chi connectivity index (χ0n) is 12.5. The van der Waals surface area contributed by atoms with Crippen LogP contribution in [0.1, 0.15) is 41.0 Å². The molecule has 3 rings (SSSR count). The SMILES string of the molecule is CNCCCC1c2ccccc2CCc2ccc(Cl)cc21. The molecular formula is C19H22ClN. The smallest absolute Gasteiger partial charge is 0.0409 e. The first-order valence-electron chi connectivity index (χ1n) is 7.80. The first kappa shape index (κ1) is 14.6. The molecule has 0 amide bonds. The van der Waals surface area contributed by atoms with Crippen molar-refractivity contribution in [2.45, 2.75) is 31.6 Å². The van der Waals surface area contributed by atoms with Crippen molar-refractivity contribution >= 4 is 11.6 Å². The molecule has 2 heteroatoms. The molecular weight excluding hydrogens is 278 g/mol. The molecule has 1 atom stereocenters. The molecule has 1 nitrogen and oxygen atoms in total. The molecule has 2 aromatic carbocycles. The Morgan fingerprint density at radius 1 is 1.05 bits per heavy atom. The Kier molecular flexibility index (Phi) is 4.62. The Hall–Kier alpha value is -1.31. The van der Waals surface area contributed by atoms with Crippen molar-refractivity contribution in [1.82, 2.24) is 5.32 Å². The number of aryl methyl sites for hydroxylation is 2. The highest BCUT2D eigenvalue weighted by molar-refractivity contribution is 6.30. The molecule has 0 saturated heterocycles. The lowest BCUT2D eigenvalue weighted by Crippen LogP contribution is -2.11. The van der Waals surface area contributed by atoms with E-state index in [4.69, 9.17) is 11.6 Å². The predicted octanol–water partition coefficient (Wildman–Crippen LogP) is 4.57. The maximum atomic E-state index is 6.27. The molecule has 1 unspecified atom stereocenters. The first-order valence-corrected chi connectivity index (χ1v) is 8.18. The van der Waals surface area contributed by atoms with E-state index in [0.717, 1.165) is 24.4 Å². The molecule has 0 aliphatic heterocycles. The Morgan fingerprint density at radius 3 is 2.62 bits per heavy atom. The highest BCUT2D eigenvalue weighted by atomic mass is 35.5. The molecule has 0 saturated carbocycles. The largest absolute Gasteiger partial charge is 0.320 e. The van der Waals surface area contributed by atoms with Crippen LogP contribution < -0.4 is 5.32 Å². The Bertz CT molecular complexity index is 621. The van der Waals surface area contributed by atoms with Crippen LogP contribution in [0.5, 0.6) is 0 Å². The van der Waals surface area contributed by atoms with E-state index in [9.17, 15) is 0 Å². The lowest BCUT2D eigenvalue weighted by atomic mass is 9.85. The number of fused-ring (bicyclic) bond motifs is 2. The number of hydrogen-bond donors (Lipinski definition) is 1. The second-order valence-corrected chi connectivity index (χ2v) is 6.28. The monoisotopic (exact) mass is 299 g/mol. The minimum atomic E-state index is 0.478. The Labute approximate surface area is 132 Å². The zero-order valence-corrected chi connectivity index (χ0v) is 13.3. The zero-order chi connectivity index (χ0) is 14.7. The van der Waals surface area contributed by atoms with Gasteiger partial charge in [-0.05, 0) is 73.7 Å². The van der Waals surface area contributed by atoms with Crippen LogP contribution in [-0.2, 0) is 12.8 Å². The molecule has 1 aliphatic carbocycles. The fourth-order valence-corrected chi connectivity index (χ4v) is 3.63. The van der Waals surface area contributed by atoms with E-state index in [0.29, 0.717) is 5.92 Å². The number of nitrogens with one attached hydrogen (secondary N) is 1. The summed E-state index contributed by atoms with van der Waals surface area (Å²) in [6, 6.07) is 15.3. The van der Waals surface area contributed by atoms with Gasteiger partial charge >= 0.3 is 0 Å². The van der Waals surface area contributed by atoms with E-state index in [1.54, 1.807) is 0 Å². The standard InChI is InChI=1S/C19H22ClN/c1-21-12-4-7-18-17-6-3-2-5-14(17)8-9-15-10-11-16(20)13-19(15)18/h2-3,5-6,10-11,13,18,21H,4,7-9,12H2,1H3. The summed E-state index contributed by atoms with van der Waals surface area (Å²) in [4.78, 5) is 0. The normalized spacial score (nSPS) is 17.0. The van der Waals surface area contributed by atoms with Crippen molar-refractivity contribution in [3.8, 4) is 0 Å². The highest BCUT2D eigenvalue weighted by Gasteiger charge is 2.23. The molecule has 0 radical (unpaired) electrons. The molecule has 0 aromatic heterocycles. The van der Waals surface area contributed by atoms with E-state index >= 15 is 0 Å². The minimum absolute atomic E-state index is 0.478. The maximum Gasteiger partial charge on any atom is 0.0409 e. The summed E-state index contributed by atoms with van der Waals surface area (Å²) in [5, 5.41) is 4.11. The van der Waals surface area contributed by atoms with Crippen LogP contribution in [0.15, 0.2) is 42.5 Å². The van der Waals surface area contributed by atoms with Gasteiger partial charge in [-0.2, -0.15) is 0 Å². The predicted molar refractivity (Wildman–Crippen MR) is 90.3 cm³/mol. The molecule has 0 bridgehead atoms. The average Bonchev–Trinajstić information content (AvgIpc) is 2.65. The van der Waals surface area contributed by atoms with Gasteiger partial charge in [0.2, 0.25) is 0 Å². The van der Waals surface area contributed by atoms with Gasteiger partial charge in [0.15, 0.2) is 0 Å². The van der Waals surface area contributed by atoms with E-state index in [2.05, 4.69) is 41.7 Å². The van der Waals surface area contributed by atoms with Crippen LogP contribution >= 0.6 is 11.6 Å². The summed E-state index contributed by atoms with van der Waals surface area (Å²) < 4.78 is 0. The minimum Gasteiger partial charge on any atom is -0.320 e. The third kappa shape index (κ3) is 3.14. The second kappa shape index (κ2) is 6.64. The van der Waals surface area contributed by atoms with Gasteiger partial charge in [-0.15, -0.1) is 0 Å². The lowest BCUT2D eigenvalue weighted by molar-refractivity contribution is 0.627. The Balaban J connectivity index is 2.03. The number of benzene rings is 2. The van der Waals surface area contributed by atoms with Gasteiger partial charge in [-0.25, -0.2) is 0 Å². The van der Waals surface area contributed by atoms with Crippen LogP contribution in [0.2, 0.25) is 5.02 Å². The highest BCUT2D eigenvalue weighted by Crippen LogP contribution is 2.38. The third-order valence-corrected chi connectivity index (χ3v) is 4.73. The lowest BCUT2D eigenvalue weighted by Gasteiger charge is -2.20. The molecule has 21 heavy (non-hydrogen) atoms. The molecule has 0 heterocycles. The topological polar surface area (TPSA) is 12.0 Å². The summed E-state index contributed by atoms with van der Waals surface area (Å²) in [7, 11) is 2.02. The summed E-state index contributed by atoms with van der Waals surface area (Å²) in [5.41, 5.74) is 5.89. The Morgan fingerprint density at radius 2 is 1.81 bits per heavy atom. The first-order chi connectivity index (χ1) is 10.3. The average molecular weight is 300 g/mol. The summed E-state index contributed by atoms with van der Waals surface area (Å²) in [5.74, 6) is 0.478. The van der Waals surface area contributed by atoms with E-state index < -0.39 is 0 Å². The third-order valence-electron chi connectivity index (χ3n) is 4.50. The van der Waals surface area contributed by atoms with Gasteiger partial charge in [-0.3, -0.25) is 0 Å². The summed E-state index contributed by atoms with van der Waals surface area (Å²) >= 11 is 6.27. The van der Waals surface area contributed by atoms with Crippen LogP contribution in [0, 0.1) is 0 Å². The fraction of sp³-hybridized carbons (Fsp3) is 0.368.